The maximum absolute atomic E-state index is 3.95. The van der Waals surface area contributed by atoms with E-state index in [0.717, 1.165) is 12.2 Å². The summed E-state index contributed by atoms with van der Waals surface area (Å²) in [5.74, 6) is 0.781. The van der Waals surface area contributed by atoms with Crippen LogP contribution in [0.25, 0.3) is 0 Å². The highest BCUT2D eigenvalue weighted by atomic mass is 15.1. The third-order valence-electron chi connectivity index (χ3n) is 1.12. The number of aliphatic imine (C=N–C) groups is 1. The number of hydrogen-bond acceptors (Lipinski definition) is 2. The Hall–Kier alpha value is -0.790. The predicted octanol–water partition coefficient (Wildman–Crippen LogP) is 0.910. The summed E-state index contributed by atoms with van der Waals surface area (Å²) in [5.41, 5.74) is 0. The van der Waals surface area contributed by atoms with E-state index < -0.39 is 0 Å². The molecule has 0 aromatic rings. The first-order valence-corrected chi connectivity index (χ1v) is 2.77. The zero-order valence-corrected chi connectivity index (χ0v) is 5.02. The molecule has 1 rings (SSSR count). The van der Waals surface area contributed by atoms with Crippen molar-refractivity contribution in [3.63, 3.8) is 0 Å². The molecule has 2 heteroatoms. The molecular weight excluding hydrogens is 100 g/mol. The van der Waals surface area contributed by atoms with Crippen LogP contribution in [0.1, 0.15) is 13.3 Å². The van der Waals surface area contributed by atoms with Crippen LogP contribution in [-0.4, -0.2) is 12.3 Å². The molecule has 0 aromatic heterocycles. The van der Waals surface area contributed by atoms with Crippen molar-refractivity contribution in [3.05, 3.63) is 12.4 Å². The van der Waals surface area contributed by atoms with Crippen LogP contribution >= 0.6 is 0 Å². The van der Waals surface area contributed by atoms with Crippen LogP contribution < -0.4 is 5.32 Å². The number of rotatable bonds is 0. The van der Waals surface area contributed by atoms with Gasteiger partial charge in [0.2, 0.25) is 0 Å². The van der Waals surface area contributed by atoms with E-state index >= 15 is 0 Å². The zero-order valence-electron chi connectivity index (χ0n) is 5.02. The van der Waals surface area contributed by atoms with Crippen molar-refractivity contribution in [1.82, 2.24) is 5.32 Å². The molecular formula is C6H10N2. The van der Waals surface area contributed by atoms with E-state index in [4.69, 9.17) is 0 Å². The van der Waals surface area contributed by atoms with Crippen molar-refractivity contribution >= 4 is 6.21 Å². The molecule has 0 amide bonds. The number of nitrogens with one attached hydrogen (secondary N) is 1. The quantitative estimate of drug-likeness (QED) is 0.492. The standard InChI is InChI=1S/C6H10N2/c1-5-3-4-7-6(2)8-5/h4-5,8H,2-3H2,1H3. The van der Waals surface area contributed by atoms with Crippen LogP contribution in [0.2, 0.25) is 0 Å². The molecule has 0 fully saturated rings. The highest BCUT2D eigenvalue weighted by molar-refractivity contribution is 5.60. The lowest BCUT2D eigenvalue weighted by atomic mass is 10.2. The van der Waals surface area contributed by atoms with Gasteiger partial charge in [0.05, 0.1) is 0 Å². The summed E-state index contributed by atoms with van der Waals surface area (Å²) in [6.07, 6.45) is 2.91. The molecule has 1 aliphatic heterocycles. The lowest BCUT2D eigenvalue weighted by Gasteiger charge is -2.15. The fourth-order valence-electron chi connectivity index (χ4n) is 0.702. The second-order valence-corrected chi connectivity index (χ2v) is 2.04. The van der Waals surface area contributed by atoms with Gasteiger partial charge in [0.15, 0.2) is 0 Å². The van der Waals surface area contributed by atoms with E-state index in [0.29, 0.717) is 6.04 Å². The highest BCUT2D eigenvalue weighted by Crippen LogP contribution is 1.99. The van der Waals surface area contributed by atoms with Crippen LogP contribution in [0.3, 0.4) is 0 Å². The molecule has 44 valence electrons. The van der Waals surface area contributed by atoms with Crippen LogP contribution in [-0.2, 0) is 0 Å². The van der Waals surface area contributed by atoms with Gasteiger partial charge >= 0.3 is 0 Å². The summed E-state index contributed by atoms with van der Waals surface area (Å²) in [4.78, 5) is 3.95. The predicted molar refractivity (Wildman–Crippen MR) is 34.8 cm³/mol. The Kier molecular flexibility index (Phi) is 1.33. The Labute approximate surface area is 49.3 Å². The third-order valence-corrected chi connectivity index (χ3v) is 1.12. The Morgan fingerprint density at radius 1 is 2.00 bits per heavy atom. The van der Waals surface area contributed by atoms with Crippen molar-refractivity contribution in [2.24, 2.45) is 4.99 Å². The molecule has 1 N–H and O–H groups in total. The average molecular weight is 110 g/mol. The third kappa shape index (κ3) is 1.09. The molecule has 1 aliphatic rings. The minimum Gasteiger partial charge on any atom is -0.368 e. The van der Waals surface area contributed by atoms with Gasteiger partial charge < -0.3 is 5.32 Å². The summed E-state index contributed by atoms with van der Waals surface area (Å²) in [5, 5.41) is 3.09. The minimum absolute atomic E-state index is 0.514. The first-order chi connectivity index (χ1) is 3.79. The average Bonchev–Trinajstić information content (AvgIpc) is 1.64. The maximum atomic E-state index is 3.95. The van der Waals surface area contributed by atoms with Gasteiger partial charge in [-0.05, 0) is 6.92 Å². The molecule has 0 saturated carbocycles. The first-order valence-electron chi connectivity index (χ1n) is 2.77. The lowest BCUT2D eigenvalue weighted by Crippen LogP contribution is -2.27. The molecule has 0 bridgehead atoms. The fourth-order valence-corrected chi connectivity index (χ4v) is 0.702. The van der Waals surface area contributed by atoms with Crippen LogP contribution in [0.5, 0.6) is 0 Å². The molecule has 1 atom stereocenters. The molecule has 0 saturated heterocycles. The molecule has 1 unspecified atom stereocenters. The molecule has 0 aromatic carbocycles. The lowest BCUT2D eigenvalue weighted by molar-refractivity contribution is 0.619. The van der Waals surface area contributed by atoms with E-state index in [9.17, 15) is 0 Å². The van der Waals surface area contributed by atoms with Crippen LogP contribution in [0.15, 0.2) is 17.4 Å². The highest BCUT2D eigenvalue weighted by Gasteiger charge is 2.02. The maximum Gasteiger partial charge on any atom is 0.118 e. The Morgan fingerprint density at radius 3 is 3.12 bits per heavy atom. The Bertz CT molecular complexity index is 126. The van der Waals surface area contributed by atoms with E-state index in [2.05, 4.69) is 23.8 Å². The molecule has 0 aliphatic carbocycles. The minimum atomic E-state index is 0.514. The largest absolute Gasteiger partial charge is 0.368 e. The van der Waals surface area contributed by atoms with Gasteiger partial charge in [0.1, 0.15) is 5.82 Å². The van der Waals surface area contributed by atoms with Gasteiger partial charge in [-0.25, -0.2) is 4.99 Å². The number of nitrogens with zero attached hydrogens (tertiary/aromatic N) is 1. The van der Waals surface area contributed by atoms with E-state index in [1.807, 2.05) is 6.21 Å². The van der Waals surface area contributed by atoms with Gasteiger partial charge in [-0.15, -0.1) is 0 Å². The Balaban J connectivity index is 2.54. The van der Waals surface area contributed by atoms with Crippen molar-refractivity contribution in [3.8, 4) is 0 Å². The van der Waals surface area contributed by atoms with Crippen LogP contribution in [0.4, 0.5) is 0 Å². The monoisotopic (exact) mass is 110 g/mol. The molecule has 8 heavy (non-hydrogen) atoms. The van der Waals surface area contributed by atoms with E-state index in [1.165, 1.54) is 0 Å². The van der Waals surface area contributed by atoms with Crippen molar-refractivity contribution in [2.75, 3.05) is 0 Å². The summed E-state index contributed by atoms with van der Waals surface area (Å²) < 4.78 is 0. The molecule has 1 heterocycles. The van der Waals surface area contributed by atoms with Crippen molar-refractivity contribution in [1.29, 1.82) is 0 Å². The van der Waals surface area contributed by atoms with Crippen molar-refractivity contribution < 1.29 is 0 Å². The van der Waals surface area contributed by atoms with Crippen LogP contribution in [0, 0.1) is 0 Å². The fraction of sp³-hybridized carbons (Fsp3) is 0.500. The van der Waals surface area contributed by atoms with Gasteiger partial charge in [-0.1, -0.05) is 6.58 Å². The first kappa shape index (κ1) is 5.35. The second-order valence-electron chi connectivity index (χ2n) is 2.04. The van der Waals surface area contributed by atoms with Crippen molar-refractivity contribution in [2.45, 2.75) is 19.4 Å². The summed E-state index contributed by atoms with van der Waals surface area (Å²) in [6.45, 7) is 5.76. The Morgan fingerprint density at radius 2 is 2.75 bits per heavy atom. The van der Waals surface area contributed by atoms with Gasteiger partial charge in [-0.3, -0.25) is 0 Å². The molecule has 0 spiro atoms. The summed E-state index contributed by atoms with van der Waals surface area (Å²) in [6, 6.07) is 0.514. The topological polar surface area (TPSA) is 24.4 Å². The number of hydrogen-bond donors (Lipinski definition) is 1. The molecule has 2 nitrogen and oxygen atoms in total. The normalized spacial score (nSPS) is 27.6. The second kappa shape index (κ2) is 1.99. The summed E-state index contributed by atoms with van der Waals surface area (Å²) in [7, 11) is 0. The van der Waals surface area contributed by atoms with Gasteiger partial charge in [0, 0.05) is 18.7 Å². The molecule has 0 radical (unpaired) electrons. The van der Waals surface area contributed by atoms with Gasteiger partial charge in [0.25, 0.3) is 0 Å². The zero-order chi connectivity index (χ0) is 5.98. The smallest absolute Gasteiger partial charge is 0.118 e. The van der Waals surface area contributed by atoms with E-state index in [1.54, 1.807) is 0 Å². The SMILES string of the molecule is C=C1N=CCC(C)N1. The summed E-state index contributed by atoms with van der Waals surface area (Å²) >= 11 is 0. The van der Waals surface area contributed by atoms with Gasteiger partial charge in [-0.2, -0.15) is 0 Å². The van der Waals surface area contributed by atoms with E-state index in [-0.39, 0.29) is 0 Å².